The topological polar surface area (TPSA) is 85.8 Å². The van der Waals surface area contributed by atoms with E-state index in [2.05, 4.69) is 26.1 Å². The molecule has 1 amide bonds. The molecule has 2 aromatic carbocycles. The van der Waals surface area contributed by atoms with Crippen LogP contribution in [0.15, 0.2) is 70.6 Å². The largest absolute Gasteiger partial charge is 0.339 e. The number of para-hydroxylation sites is 2. The second-order valence-electron chi connectivity index (χ2n) is 7.45. The number of hydrogen-bond acceptors (Lipinski definition) is 6. The minimum Gasteiger partial charge on any atom is -0.339 e. The maximum absolute atomic E-state index is 12.3. The van der Waals surface area contributed by atoms with Crippen LogP contribution < -0.4 is 5.32 Å². The van der Waals surface area contributed by atoms with Crippen LogP contribution in [0.3, 0.4) is 0 Å². The Morgan fingerprint density at radius 2 is 1.91 bits per heavy atom. The fourth-order valence-corrected chi connectivity index (χ4v) is 4.24. The molecular weight excluding hydrogens is 422 g/mol. The van der Waals surface area contributed by atoms with Crippen LogP contribution in [-0.2, 0) is 18.3 Å². The van der Waals surface area contributed by atoms with Crippen LogP contribution in [-0.4, -0.2) is 25.6 Å². The number of hydrogen-bond donors (Lipinski definition) is 1. The molecule has 3 aromatic heterocycles. The van der Waals surface area contributed by atoms with E-state index in [1.165, 1.54) is 0 Å². The minimum atomic E-state index is -0.0431. The van der Waals surface area contributed by atoms with Gasteiger partial charge in [-0.2, -0.15) is 4.98 Å². The van der Waals surface area contributed by atoms with Crippen LogP contribution >= 0.6 is 11.3 Å². The zero-order valence-electron chi connectivity index (χ0n) is 17.5. The van der Waals surface area contributed by atoms with Crippen molar-refractivity contribution < 1.29 is 9.32 Å². The van der Waals surface area contributed by atoms with Crippen molar-refractivity contribution in [1.82, 2.24) is 19.7 Å². The maximum Gasteiger partial charge on any atom is 0.226 e. The van der Waals surface area contributed by atoms with Crippen molar-refractivity contribution in [2.24, 2.45) is 7.05 Å². The number of anilines is 1. The average Bonchev–Trinajstić information content (AvgIpc) is 3.55. The summed E-state index contributed by atoms with van der Waals surface area (Å²) in [5.74, 6) is 2.00. The van der Waals surface area contributed by atoms with E-state index in [0.717, 1.165) is 33.0 Å². The molecule has 0 aliphatic heterocycles. The highest BCUT2D eigenvalue weighted by molar-refractivity contribution is 7.13. The smallest absolute Gasteiger partial charge is 0.226 e. The number of benzene rings is 2. The molecule has 0 saturated carbocycles. The number of carbonyl (C=O) groups excluding carboxylic acids is 1. The van der Waals surface area contributed by atoms with E-state index in [1.54, 1.807) is 11.3 Å². The van der Waals surface area contributed by atoms with Crippen molar-refractivity contribution in [2.75, 3.05) is 5.32 Å². The molecule has 8 heteroatoms. The van der Waals surface area contributed by atoms with Gasteiger partial charge in [0.25, 0.3) is 0 Å². The van der Waals surface area contributed by atoms with Gasteiger partial charge in [-0.15, -0.1) is 11.3 Å². The monoisotopic (exact) mass is 443 g/mol. The van der Waals surface area contributed by atoms with E-state index < -0.39 is 0 Å². The highest BCUT2D eigenvalue weighted by Gasteiger charge is 2.12. The molecule has 160 valence electrons. The van der Waals surface area contributed by atoms with E-state index in [0.29, 0.717) is 31.0 Å². The van der Waals surface area contributed by atoms with Crippen LogP contribution in [0.2, 0.25) is 0 Å². The minimum absolute atomic E-state index is 0.0431. The molecule has 0 aliphatic carbocycles. The molecule has 0 unspecified atom stereocenters. The standard InChI is InChI=1S/C24H21N5O2S/c1-29-19-7-3-2-6-18(19)26-24(29)16-11-13-17(14-12-16)25-21(30)9-4-10-22-27-23(28-31-22)20-8-5-15-32-20/h2-3,5-8,11-15H,4,9-10H2,1H3,(H,25,30). The molecule has 0 spiro atoms. The summed E-state index contributed by atoms with van der Waals surface area (Å²) in [4.78, 5) is 22.4. The lowest BCUT2D eigenvalue weighted by atomic mass is 10.2. The Hall–Kier alpha value is -3.78. The summed E-state index contributed by atoms with van der Waals surface area (Å²) in [5.41, 5.74) is 3.81. The van der Waals surface area contributed by atoms with Crippen molar-refractivity contribution in [2.45, 2.75) is 19.3 Å². The van der Waals surface area contributed by atoms with E-state index >= 15 is 0 Å². The molecule has 5 rings (SSSR count). The number of rotatable bonds is 7. The summed E-state index contributed by atoms with van der Waals surface area (Å²) in [6, 6.07) is 19.7. The van der Waals surface area contributed by atoms with Crippen LogP contribution in [0.1, 0.15) is 18.7 Å². The molecule has 0 fully saturated rings. The highest BCUT2D eigenvalue weighted by Crippen LogP contribution is 2.25. The molecule has 0 atom stereocenters. The summed E-state index contributed by atoms with van der Waals surface area (Å²) in [7, 11) is 2.01. The molecule has 7 nitrogen and oxygen atoms in total. The molecule has 0 radical (unpaired) electrons. The summed E-state index contributed by atoms with van der Waals surface area (Å²) in [5, 5.41) is 8.91. The number of aryl methyl sites for hydroxylation is 2. The number of carbonyl (C=O) groups is 1. The third-order valence-electron chi connectivity index (χ3n) is 5.22. The molecule has 5 aromatic rings. The second kappa shape index (κ2) is 8.76. The molecule has 1 N–H and O–H groups in total. The first-order valence-electron chi connectivity index (χ1n) is 10.4. The van der Waals surface area contributed by atoms with Crippen LogP contribution in [0, 0.1) is 0 Å². The number of fused-ring (bicyclic) bond motifs is 1. The molecule has 32 heavy (non-hydrogen) atoms. The Bertz CT molecular complexity index is 1350. The van der Waals surface area contributed by atoms with Gasteiger partial charge in [0.15, 0.2) is 0 Å². The van der Waals surface area contributed by atoms with Crippen molar-refractivity contribution in [3.63, 3.8) is 0 Å². The summed E-state index contributed by atoms with van der Waals surface area (Å²) in [6.45, 7) is 0. The Labute approximate surface area is 188 Å². The lowest BCUT2D eigenvalue weighted by molar-refractivity contribution is -0.116. The average molecular weight is 444 g/mol. The van der Waals surface area contributed by atoms with Gasteiger partial charge in [0.1, 0.15) is 5.82 Å². The number of imidazole rings is 1. The van der Waals surface area contributed by atoms with Gasteiger partial charge < -0.3 is 14.4 Å². The Morgan fingerprint density at radius 3 is 2.69 bits per heavy atom. The van der Waals surface area contributed by atoms with Gasteiger partial charge in [0, 0.05) is 31.1 Å². The third kappa shape index (κ3) is 4.17. The first-order chi connectivity index (χ1) is 15.7. The van der Waals surface area contributed by atoms with Gasteiger partial charge in [-0.25, -0.2) is 4.98 Å². The van der Waals surface area contributed by atoms with Crippen molar-refractivity contribution in [3.05, 3.63) is 71.9 Å². The molecule has 3 heterocycles. The maximum atomic E-state index is 12.3. The molecule has 0 aliphatic rings. The zero-order valence-corrected chi connectivity index (χ0v) is 18.3. The van der Waals surface area contributed by atoms with E-state index in [4.69, 9.17) is 9.51 Å². The highest BCUT2D eigenvalue weighted by atomic mass is 32.1. The van der Waals surface area contributed by atoms with Crippen LogP contribution in [0.5, 0.6) is 0 Å². The van der Waals surface area contributed by atoms with Crippen molar-refractivity contribution in [3.8, 4) is 22.1 Å². The Morgan fingerprint density at radius 1 is 1.06 bits per heavy atom. The summed E-state index contributed by atoms with van der Waals surface area (Å²) >= 11 is 1.57. The zero-order chi connectivity index (χ0) is 21.9. The fourth-order valence-electron chi connectivity index (χ4n) is 3.59. The number of nitrogens with zero attached hydrogens (tertiary/aromatic N) is 4. The molecular formula is C24H21N5O2S. The lowest BCUT2D eigenvalue weighted by Crippen LogP contribution is -2.11. The summed E-state index contributed by atoms with van der Waals surface area (Å²) in [6.07, 6.45) is 1.58. The van der Waals surface area contributed by atoms with Crippen LogP contribution in [0.4, 0.5) is 5.69 Å². The number of amides is 1. The van der Waals surface area contributed by atoms with E-state index in [1.807, 2.05) is 67.0 Å². The Kier molecular flexibility index (Phi) is 5.51. The number of thiophene rings is 1. The van der Waals surface area contributed by atoms with Crippen molar-refractivity contribution >= 4 is 34.0 Å². The SMILES string of the molecule is Cn1c(-c2ccc(NC(=O)CCCc3nc(-c4cccs4)no3)cc2)nc2ccccc21. The quantitative estimate of drug-likeness (QED) is 0.368. The van der Waals surface area contributed by atoms with Crippen LogP contribution in [0.25, 0.3) is 33.1 Å². The normalized spacial score (nSPS) is 11.2. The first kappa shape index (κ1) is 20.1. The van der Waals surface area contributed by atoms with Gasteiger partial charge >= 0.3 is 0 Å². The summed E-state index contributed by atoms with van der Waals surface area (Å²) < 4.78 is 7.35. The van der Waals surface area contributed by atoms with Gasteiger partial charge in [-0.3, -0.25) is 4.79 Å². The van der Waals surface area contributed by atoms with E-state index in [9.17, 15) is 4.79 Å². The van der Waals surface area contributed by atoms with Gasteiger partial charge in [0.05, 0.1) is 15.9 Å². The lowest BCUT2D eigenvalue weighted by Gasteiger charge is -2.07. The van der Waals surface area contributed by atoms with E-state index in [-0.39, 0.29) is 5.91 Å². The number of nitrogens with one attached hydrogen (secondary N) is 1. The van der Waals surface area contributed by atoms with Gasteiger partial charge in [-0.05, 0) is 54.3 Å². The predicted molar refractivity (Wildman–Crippen MR) is 125 cm³/mol. The molecule has 0 bridgehead atoms. The second-order valence-corrected chi connectivity index (χ2v) is 8.40. The van der Waals surface area contributed by atoms with Gasteiger partial charge in [0.2, 0.25) is 17.6 Å². The number of aromatic nitrogens is 4. The Balaban J connectivity index is 1.16. The van der Waals surface area contributed by atoms with Gasteiger partial charge in [-0.1, -0.05) is 23.4 Å². The third-order valence-corrected chi connectivity index (χ3v) is 6.08. The first-order valence-corrected chi connectivity index (χ1v) is 11.2. The predicted octanol–water partition coefficient (Wildman–Crippen LogP) is 5.31. The molecule has 0 saturated heterocycles. The fraction of sp³-hybridized carbons (Fsp3) is 0.167. The van der Waals surface area contributed by atoms with Crippen molar-refractivity contribution in [1.29, 1.82) is 0 Å².